The van der Waals surface area contributed by atoms with E-state index in [1.165, 1.54) is 0 Å². The number of fused-ring (bicyclic) bond motifs is 1. The highest BCUT2D eigenvalue weighted by atomic mass is 127. The molecule has 0 aliphatic rings. The van der Waals surface area contributed by atoms with Crippen molar-refractivity contribution in [3.63, 3.8) is 0 Å². The highest BCUT2D eigenvalue weighted by Gasteiger charge is 2.11. The van der Waals surface area contributed by atoms with Crippen LogP contribution in [0.25, 0.3) is 11.0 Å². The van der Waals surface area contributed by atoms with Gasteiger partial charge in [0, 0.05) is 25.7 Å². The van der Waals surface area contributed by atoms with Crippen LogP contribution in [0.2, 0.25) is 0 Å². The molecule has 0 atom stereocenters. The largest absolute Gasteiger partial charge is 0.367 e. The Morgan fingerprint density at radius 2 is 2.04 bits per heavy atom. The van der Waals surface area contributed by atoms with Crippen LogP contribution in [0.4, 0.5) is 5.82 Å². The molecule has 0 unspecified atom stereocenters. The van der Waals surface area contributed by atoms with Gasteiger partial charge in [0.2, 0.25) is 0 Å². The summed E-state index contributed by atoms with van der Waals surface area (Å²) in [5.74, 6) is 1.60. The third-order valence-corrected chi connectivity index (χ3v) is 3.04. The molecule has 2 heterocycles. The summed E-state index contributed by atoms with van der Waals surface area (Å²) >= 11 is 0. The molecule has 0 radical (unpaired) electrons. The Hall–Kier alpha value is -1.65. The Balaban J connectivity index is 0.00000288. The lowest BCUT2D eigenvalue weighted by molar-refractivity contribution is 0.502. The lowest BCUT2D eigenvalue weighted by Crippen LogP contribution is -2.47. The van der Waals surface area contributed by atoms with Gasteiger partial charge in [-0.25, -0.2) is 9.97 Å². The second kappa shape index (κ2) is 9.00. The first kappa shape index (κ1) is 20.4. The molecule has 0 saturated carbocycles. The van der Waals surface area contributed by atoms with Gasteiger partial charge >= 0.3 is 0 Å². The maximum atomic E-state index is 4.57. The summed E-state index contributed by atoms with van der Waals surface area (Å²) in [7, 11) is 1.87. The highest BCUT2D eigenvalue weighted by molar-refractivity contribution is 14.0. The summed E-state index contributed by atoms with van der Waals surface area (Å²) < 4.78 is 1.73. The van der Waals surface area contributed by atoms with E-state index in [0.717, 1.165) is 29.4 Å². The number of anilines is 1. The zero-order valence-electron chi connectivity index (χ0n) is 14.9. The minimum Gasteiger partial charge on any atom is -0.367 e. The molecule has 0 aliphatic carbocycles. The van der Waals surface area contributed by atoms with E-state index in [1.807, 2.05) is 7.05 Å². The molecule has 134 valence electrons. The third kappa shape index (κ3) is 5.77. The summed E-state index contributed by atoms with van der Waals surface area (Å²) in [5, 5.41) is 15.0. The number of nitrogens with one attached hydrogen (secondary N) is 3. The molecule has 9 heteroatoms. The van der Waals surface area contributed by atoms with E-state index >= 15 is 0 Å². The summed E-state index contributed by atoms with van der Waals surface area (Å²) in [6.45, 7) is 10.5. The lowest BCUT2D eigenvalue weighted by atomic mass is 10.1. The SMILES string of the molecule is CCNC(=NCCNc1ncnc2c1cnn2C)NC(C)(C)C.I. The first-order chi connectivity index (χ1) is 10.9. The summed E-state index contributed by atoms with van der Waals surface area (Å²) in [6, 6.07) is 0. The van der Waals surface area contributed by atoms with Gasteiger partial charge in [0.15, 0.2) is 11.6 Å². The quantitative estimate of drug-likeness (QED) is 0.281. The molecule has 2 aromatic rings. The van der Waals surface area contributed by atoms with Gasteiger partial charge in [0.05, 0.1) is 18.1 Å². The van der Waals surface area contributed by atoms with Gasteiger partial charge in [-0.05, 0) is 27.7 Å². The molecule has 0 aromatic carbocycles. The van der Waals surface area contributed by atoms with Crippen LogP contribution in [-0.2, 0) is 7.05 Å². The van der Waals surface area contributed by atoms with Crippen molar-refractivity contribution in [1.29, 1.82) is 0 Å². The third-order valence-electron chi connectivity index (χ3n) is 3.04. The number of aliphatic imine (C=N–C) groups is 1. The minimum atomic E-state index is -0.0248. The fraction of sp³-hybridized carbons (Fsp3) is 0.600. The van der Waals surface area contributed by atoms with Crippen LogP contribution in [0, 0.1) is 0 Å². The average Bonchev–Trinajstić information content (AvgIpc) is 2.85. The predicted octanol–water partition coefficient (Wildman–Crippen LogP) is 1.75. The molecule has 0 spiro atoms. The van der Waals surface area contributed by atoms with Gasteiger partial charge in [-0.2, -0.15) is 5.10 Å². The topological polar surface area (TPSA) is 92.1 Å². The molecule has 2 rings (SSSR count). The molecule has 8 nitrogen and oxygen atoms in total. The minimum absolute atomic E-state index is 0. The Bertz CT molecular complexity index is 674. The van der Waals surface area contributed by atoms with Gasteiger partial charge in [-0.1, -0.05) is 0 Å². The number of hydrogen-bond donors (Lipinski definition) is 3. The normalized spacial score (nSPS) is 12.0. The zero-order chi connectivity index (χ0) is 16.9. The van der Waals surface area contributed by atoms with E-state index in [9.17, 15) is 0 Å². The number of rotatable bonds is 5. The Kier molecular flexibility index (Phi) is 7.64. The number of halogens is 1. The van der Waals surface area contributed by atoms with E-state index < -0.39 is 0 Å². The molecule has 0 aliphatic heterocycles. The van der Waals surface area contributed by atoms with Crippen molar-refractivity contribution in [2.24, 2.45) is 12.0 Å². The van der Waals surface area contributed by atoms with Crippen LogP contribution >= 0.6 is 24.0 Å². The maximum Gasteiger partial charge on any atom is 0.191 e. The predicted molar refractivity (Wildman–Crippen MR) is 109 cm³/mol. The Morgan fingerprint density at radius 3 is 2.71 bits per heavy atom. The maximum absolute atomic E-state index is 4.57. The van der Waals surface area contributed by atoms with Crippen molar-refractivity contribution >= 4 is 46.8 Å². The second-order valence-corrected chi connectivity index (χ2v) is 6.29. The molecular formula is C15H27IN8. The van der Waals surface area contributed by atoms with Crippen LogP contribution in [0.5, 0.6) is 0 Å². The van der Waals surface area contributed by atoms with Crippen molar-refractivity contribution < 1.29 is 0 Å². The monoisotopic (exact) mass is 446 g/mol. The number of hydrogen-bond acceptors (Lipinski definition) is 5. The molecule has 0 saturated heterocycles. The van der Waals surface area contributed by atoms with Crippen molar-refractivity contribution in [1.82, 2.24) is 30.4 Å². The van der Waals surface area contributed by atoms with E-state index in [0.29, 0.717) is 13.1 Å². The van der Waals surface area contributed by atoms with Gasteiger partial charge in [-0.15, -0.1) is 24.0 Å². The summed E-state index contributed by atoms with van der Waals surface area (Å²) in [5.41, 5.74) is 0.789. The lowest BCUT2D eigenvalue weighted by Gasteiger charge is -2.23. The first-order valence-corrected chi connectivity index (χ1v) is 7.84. The number of aryl methyl sites for hydroxylation is 1. The fourth-order valence-electron chi connectivity index (χ4n) is 2.11. The van der Waals surface area contributed by atoms with E-state index in [2.05, 4.69) is 63.7 Å². The molecule has 0 fully saturated rings. The standard InChI is InChI=1S/C15H26N8.HI/c1-6-16-14(22-15(2,3)4)18-8-7-17-12-11-9-21-23(5)13(11)20-10-19-12;/h9-10H,6-8H2,1-5H3,(H2,16,18,22)(H,17,19,20);1H. The smallest absolute Gasteiger partial charge is 0.191 e. The van der Waals surface area contributed by atoms with Gasteiger partial charge in [0.25, 0.3) is 0 Å². The molecule has 2 aromatic heterocycles. The summed E-state index contributed by atoms with van der Waals surface area (Å²) in [6.07, 6.45) is 3.31. The number of nitrogens with zero attached hydrogens (tertiary/aromatic N) is 5. The van der Waals surface area contributed by atoms with Crippen LogP contribution in [0.1, 0.15) is 27.7 Å². The van der Waals surface area contributed by atoms with E-state index in [-0.39, 0.29) is 29.5 Å². The van der Waals surface area contributed by atoms with E-state index in [4.69, 9.17) is 0 Å². The molecular weight excluding hydrogens is 419 g/mol. The van der Waals surface area contributed by atoms with Crippen LogP contribution in [0.3, 0.4) is 0 Å². The first-order valence-electron chi connectivity index (χ1n) is 7.84. The van der Waals surface area contributed by atoms with Crippen LogP contribution in [-0.4, -0.2) is 50.9 Å². The van der Waals surface area contributed by atoms with Crippen molar-refractivity contribution in [2.75, 3.05) is 25.0 Å². The average molecular weight is 446 g/mol. The van der Waals surface area contributed by atoms with Gasteiger partial charge in [0.1, 0.15) is 12.1 Å². The molecule has 0 amide bonds. The van der Waals surface area contributed by atoms with Crippen LogP contribution in [0.15, 0.2) is 17.5 Å². The van der Waals surface area contributed by atoms with Crippen molar-refractivity contribution in [3.05, 3.63) is 12.5 Å². The molecule has 24 heavy (non-hydrogen) atoms. The fourth-order valence-corrected chi connectivity index (χ4v) is 2.11. The summed E-state index contributed by atoms with van der Waals surface area (Å²) in [4.78, 5) is 13.1. The zero-order valence-corrected chi connectivity index (χ0v) is 17.3. The molecule has 0 bridgehead atoms. The Morgan fingerprint density at radius 1 is 1.29 bits per heavy atom. The second-order valence-electron chi connectivity index (χ2n) is 6.29. The number of guanidine groups is 1. The van der Waals surface area contributed by atoms with E-state index in [1.54, 1.807) is 17.2 Å². The molecule has 3 N–H and O–H groups in total. The van der Waals surface area contributed by atoms with Crippen molar-refractivity contribution in [2.45, 2.75) is 33.2 Å². The number of aromatic nitrogens is 4. The highest BCUT2D eigenvalue weighted by Crippen LogP contribution is 2.17. The van der Waals surface area contributed by atoms with Gasteiger partial charge < -0.3 is 16.0 Å². The van der Waals surface area contributed by atoms with Crippen LogP contribution < -0.4 is 16.0 Å². The van der Waals surface area contributed by atoms with Crippen molar-refractivity contribution in [3.8, 4) is 0 Å². The Labute approximate surface area is 159 Å². The van der Waals surface area contributed by atoms with Gasteiger partial charge in [-0.3, -0.25) is 9.67 Å².